The fraction of sp³-hybridized carbons (Fsp3) is 0.533. The molecule has 110 valence electrons. The molecule has 2 rings (SSSR count). The van der Waals surface area contributed by atoms with Gasteiger partial charge in [-0.25, -0.2) is 0 Å². The third-order valence-electron chi connectivity index (χ3n) is 3.50. The topological polar surface area (TPSA) is 59.0 Å². The van der Waals surface area contributed by atoms with E-state index in [1.165, 1.54) is 6.42 Å². The Morgan fingerprint density at radius 2 is 2.05 bits per heavy atom. The first-order valence-electron chi connectivity index (χ1n) is 6.93. The molecule has 0 bridgehead atoms. The van der Waals surface area contributed by atoms with Crippen LogP contribution in [0.4, 0.5) is 0 Å². The minimum Gasteiger partial charge on any atom is -0.497 e. The maximum absolute atomic E-state index is 12.0. The summed E-state index contributed by atoms with van der Waals surface area (Å²) in [6, 6.07) is 5.18. The molecule has 0 radical (unpaired) electrons. The van der Waals surface area contributed by atoms with E-state index >= 15 is 0 Å². The van der Waals surface area contributed by atoms with Crippen LogP contribution in [-0.2, 0) is 11.4 Å². The molecule has 0 unspecified atom stereocenters. The average Bonchev–Trinajstić information content (AvgIpc) is 2.53. The van der Waals surface area contributed by atoms with Crippen molar-refractivity contribution in [1.82, 2.24) is 4.90 Å². The van der Waals surface area contributed by atoms with Crippen molar-refractivity contribution in [2.75, 3.05) is 26.8 Å². The van der Waals surface area contributed by atoms with Crippen LogP contribution in [-0.4, -0.2) is 42.7 Å². The highest BCUT2D eigenvalue weighted by molar-refractivity contribution is 5.77. The second kappa shape index (κ2) is 7.14. The van der Waals surface area contributed by atoms with Crippen LogP contribution in [0.25, 0.3) is 0 Å². The number of rotatable bonds is 5. The summed E-state index contributed by atoms with van der Waals surface area (Å²) >= 11 is 0. The highest BCUT2D eigenvalue weighted by atomic mass is 16.5. The van der Waals surface area contributed by atoms with Crippen LogP contribution >= 0.6 is 0 Å². The van der Waals surface area contributed by atoms with Gasteiger partial charge in [-0.2, -0.15) is 0 Å². The molecule has 1 aliphatic rings. The van der Waals surface area contributed by atoms with Crippen LogP contribution in [0.2, 0.25) is 0 Å². The van der Waals surface area contributed by atoms with E-state index in [9.17, 15) is 9.90 Å². The summed E-state index contributed by atoms with van der Waals surface area (Å²) in [4.78, 5) is 13.9. The molecule has 20 heavy (non-hydrogen) atoms. The Morgan fingerprint density at radius 3 is 2.70 bits per heavy atom. The van der Waals surface area contributed by atoms with E-state index in [0.29, 0.717) is 17.1 Å². The van der Waals surface area contributed by atoms with Gasteiger partial charge in [-0.15, -0.1) is 0 Å². The van der Waals surface area contributed by atoms with Gasteiger partial charge in [0.25, 0.3) is 5.91 Å². The number of piperidine rings is 1. The smallest absolute Gasteiger partial charge is 0.260 e. The lowest BCUT2D eigenvalue weighted by Gasteiger charge is -2.26. The number of aliphatic hydroxyl groups excluding tert-OH is 1. The number of ether oxygens (including phenoxy) is 2. The summed E-state index contributed by atoms with van der Waals surface area (Å²) in [5.41, 5.74) is 0.650. The quantitative estimate of drug-likeness (QED) is 0.889. The number of methoxy groups -OCH3 is 1. The Bertz CT molecular complexity index is 455. The molecule has 1 fully saturated rings. The molecule has 1 amide bonds. The van der Waals surface area contributed by atoms with Crippen molar-refractivity contribution in [1.29, 1.82) is 0 Å². The second-order valence-electron chi connectivity index (χ2n) is 4.86. The minimum absolute atomic E-state index is 0.000166. The number of aliphatic hydroxyl groups is 1. The van der Waals surface area contributed by atoms with E-state index in [-0.39, 0.29) is 19.1 Å². The Kier molecular flexibility index (Phi) is 5.24. The first-order chi connectivity index (χ1) is 9.74. The molecule has 0 atom stereocenters. The highest BCUT2D eigenvalue weighted by Crippen LogP contribution is 2.25. The van der Waals surface area contributed by atoms with Gasteiger partial charge < -0.3 is 19.5 Å². The van der Waals surface area contributed by atoms with Crippen LogP contribution in [0.1, 0.15) is 24.8 Å². The standard InChI is InChI=1S/C15H21NO4/c1-19-13-6-5-12(10-17)14(9-13)20-11-15(18)16-7-3-2-4-8-16/h5-6,9,17H,2-4,7-8,10-11H2,1H3. The molecule has 1 N–H and O–H groups in total. The predicted molar refractivity (Wildman–Crippen MR) is 74.8 cm³/mol. The van der Waals surface area contributed by atoms with Crippen molar-refractivity contribution in [3.05, 3.63) is 23.8 Å². The third-order valence-corrected chi connectivity index (χ3v) is 3.50. The molecule has 5 heteroatoms. The summed E-state index contributed by atoms with van der Waals surface area (Å²) in [7, 11) is 1.57. The maximum atomic E-state index is 12.0. The Hall–Kier alpha value is -1.75. The molecule has 1 aliphatic heterocycles. The number of carbonyl (C=O) groups is 1. The van der Waals surface area contributed by atoms with Crippen molar-refractivity contribution >= 4 is 5.91 Å². The molecule has 0 aromatic heterocycles. The highest BCUT2D eigenvalue weighted by Gasteiger charge is 2.17. The molecular formula is C15H21NO4. The Morgan fingerprint density at radius 1 is 1.30 bits per heavy atom. The number of carbonyl (C=O) groups excluding carboxylic acids is 1. The van der Waals surface area contributed by atoms with E-state index in [1.807, 2.05) is 4.90 Å². The lowest BCUT2D eigenvalue weighted by atomic mass is 10.1. The largest absolute Gasteiger partial charge is 0.497 e. The zero-order valence-corrected chi connectivity index (χ0v) is 11.8. The second-order valence-corrected chi connectivity index (χ2v) is 4.86. The zero-order valence-electron chi connectivity index (χ0n) is 11.8. The van der Waals surface area contributed by atoms with Crippen molar-refractivity contribution in [3.8, 4) is 11.5 Å². The molecule has 0 spiro atoms. The number of nitrogens with zero attached hydrogens (tertiary/aromatic N) is 1. The van der Waals surface area contributed by atoms with Crippen molar-refractivity contribution in [2.45, 2.75) is 25.9 Å². The number of amides is 1. The molecule has 1 aromatic rings. The Balaban J connectivity index is 1.96. The SMILES string of the molecule is COc1ccc(CO)c(OCC(=O)N2CCCCC2)c1. The van der Waals surface area contributed by atoms with Gasteiger partial charge in [-0.05, 0) is 31.4 Å². The van der Waals surface area contributed by atoms with Crippen LogP contribution in [0.3, 0.4) is 0 Å². The van der Waals surface area contributed by atoms with Gasteiger partial charge >= 0.3 is 0 Å². The summed E-state index contributed by atoms with van der Waals surface area (Å²) in [6.07, 6.45) is 3.31. The first kappa shape index (κ1) is 14.7. The predicted octanol–water partition coefficient (Wildman–Crippen LogP) is 1.58. The molecule has 0 aliphatic carbocycles. The fourth-order valence-corrected chi connectivity index (χ4v) is 2.30. The lowest BCUT2D eigenvalue weighted by Crippen LogP contribution is -2.38. The first-order valence-corrected chi connectivity index (χ1v) is 6.93. The maximum Gasteiger partial charge on any atom is 0.260 e. The summed E-state index contributed by atoms with van der Waals surface area (Å²) in [5.74, 6) is 1.14. The minimum atomic E-state index is -0.128. The lowest BCUT2D eigenvalue weighted by molar-refractivity contribution is -0.134. The number of hydrogen-bond acceptors (Lipinski definition) is 4. The van der Waals surface area contributed by atoms with Gasteiger partial charge in [0, 0.05) is 24.7 Å². The number of benzene rings is 1. The van der Waals surface area contributed by atoms with Crippen molar-refractivity contribution in [3.63, 3.8) is 0 Å². The van der Waals surface area contributed by atoms with Gasteiger partial charge in [-0.1, -0.05) is 0 Å². The summed E-state index contributed by atoms with van der Waals surface area (Å²) in [6.45, 7) is 1.50. The van der Waals surface area contributed by atoms with E-state index in [1.54, 1.807) is 25.3 Å². The Labute approximate surface area is 119 Å². The number of likely N-dealkylation sites (tertiary alicyclic amines) is 1. The molecule has 1 heterocycles. The molecule has 1 saturated heterocycles. The third kappa shape index (κ3) is 3.63. The van der Waals surface area contributed by atoms with Crippen LogP contribution < -0.4 is 9.47 Å². The van der Waals surface area contributed by atoms with Gasteiger partial charge in [-0.3, -0.25) is 4.79 Å². The van der Waals surface area contributed by atoms with Crippen molar-refractivity contribution < 1.29 is 19.4 Å². The number of hydrogen-bond donors (Lipinski definition) is 1. The van der Waals surface area contributed by atoms with E-state index in [0.717, 1.165) is 25.9 Å². The molecule has 1 aromatic carbocycles. The zero-order chi connectivity index (χ0) is 14.4. The van der Waals surface area contributed by atoms with Crippen LogP contribution in [0, 0.1) is 0 Å². The van der Waals surface area contributed by atoms with Crippen molar-refractivity contribution in [2.24, 2.45) is 0 Å². The molecule has 0 saturated carbocycles. The summed E-state index contributed by atoms with van der Waals surface area (Å²) < 4.78 is 10.7. The van der Waals surface area contributed by atoms with Crippen LogP contribution in [0.15, 0.2) is 18.2 Å². The normalized spacial score (nSPS) is 15.0. The average molecular weight is 279 g/mol. The van der Waals surface area contributed by atoms with E-state index in [4.69, 9.17) is 9.47 Å². The van der Waals surface area contributed by atoms with Gasteiger partial charge in [0.15, 0.2) is 6.61 Å². The van der Waals surface area contributed by atoms with Crippen LogP contribution in [0.5, 0.6) is 11.5 Å². The summed E-state index contributed by atoms with van der Waals surface area (Å²) in [5, 5.41) is 9.28. The molecule has 5 nitrogen and oxygen atoms in total. The van der Waals surface area contributed by atoms with Gasteiger partial charge in [0.05, 0.1) is 13.7 Å². The van der Waals surface area contributed by atoms with E-state index < -0.39 is 0 Å². The fourth-order valence-electron chi connectivity index (χ4n) is 2.30. The van der Waals surface area contributed by atoms with E-state index in [2.05, 4.69) is 0 Å². The van der Waals surface area contributed by atoms with Gasteiger partial charge in [0.2, 0.25) is 0 Å². The monoisotopic (exact) mass is 279 g/mol. The molecular weight excluding hydrogens is 258 g/mol. The van der Waals surface area contributed by atoms with Gasteiger partial charge in [0.1, 0.15) is 11.5 Å².